The number of hydrogen-bond donors (Lipinski definition) is 0. The van der Waals surface area contributed by atoms with Gasteiger partial charge in [-0.15, -0.1) is 5.56 Å². The largest absolute Gasteiger partial charge is 0.435 e. The molecular weight excluding hydrogens is 364 g/mol. The van der Waals surface area contributed by atoms with E-state index in [-0.39, 0.29) is 0 Å². The molecule has 0 atom stereocenters. The van der Waals surface area contributed by atoms with E-state index < -0.39 is 0 Å². The minimum atomic E-state index is 0. The van der Waals surface area contributed by atoms with Gasteiger partial charge in [0.1, 0.15) is 0 Å². The molecule has 0 bridgehead atoms. The normalized spacial score (nSPS) is 8.22. The summed E-state index contributed by atoms with van der Waals surface area (Å²) in [6.45, 7) is 3.85. The monoisotopic (exact) mass is 372 g/mol. The third-order valence-electron chi connectivity index (χ3n) is 1.10. The predicted molar refractivity (Wildman–Crippen MR) is 30.3 cm³/mol. The second-order valence-electron chi connectivity index (χ2n) is 1.63. The van der Waals surface area contributed by atoms with Crippen molar-refractivity contribution >= 4 is 0 Å². The number of rotatable bonds is 1. The maximum Gasteiger partial charge on any atom is 0.0279 e. The molecule has 0 saturated heterocycles. The average Bonchev–Trinajstić information content (AvgIpc) is 2.14. The first-order valence-corrected chi connectivity index (χ1v) is 2.55. The Balaban J connectivity index is 0.000000640. The van der Waals surface area contributed by atoms with Crippen LogP contribution in [0.1, 0.15) is 18.2 Å². The van der Waals surface area contributed by atoms with E-state index in [0.717, 1.165) is 11.3 Å². The molecular formula is C6H8LrNO-. The van der Waals surface area contributed by atoms with Crippen LogP contribution in [-0.2, 0) is 0 Å². The van der Waals surface area contributed by atoms with Gasteiger partial charge in [0, 0.05) is 5.76 Å². The second kappa shape index (κ2) is 2.40. The van der Waals surface area contributed by atoms with E-state index in [2.05, 4.69) is 5.16 Å². The number of nitrogens with zero attached hydrogens (tertiary/aromatic N) is 1. The van der Waals surface area contributed by atoms with E-state index in [9.17, 15) is 0 Å². The van der Waals surface area contributed by atoms with Crippen LogP contribution in [0.4, 0.5) is 0 Å². The molecule has 2 nitrogen and oxygen atoms in total. The van der Waals surface area contributed by atoms with Gasteiger partial charge in [-0.1, -0.05) is 13.8 Å². The third-order valence-corrected chi connectivity index (χ3v) is 1.10. The summed E-state index contributed by atoms with van der Waals surface area (Å²) in [5, 5.41) is 3.59. The molecule has 3 heteroatoms. The van der Waals surface area contributed by atoms with E-state index in [1.54, 1.807) is 6.20 Å². The Hall–Kier alpha value is -1.92. The molecule has 59 valence electrons. The van der Waals surface area contributed by atoms with Gasteiger partial charge in [0.05, 0.1) is 0 Å². The Morgan fingerprint density at radius 3 is 2.56 bits per heavy atom. The van der Waals surface area contributed by atoms with E-state index in [0.29, 0.717) is 0 Å². The van der Waals surface area contributed by atoms with Crippen molar-refractivity contribution < 1.29 is 4.52 Å². The topological polar surface area (TPSA) is 26.0 Å². The molecule has 0 aliphatic carbocycles. The molecule has 1 aromatic rings. The van der Waals surface area contributed by atoms with Crippen LogP contribution in [0.5, 0.6) is 0 Å². The Bertz CT molecular complexity index is 173. The zero-order chi connectivity index (χ0) is 5.98. The van der Waals surface area contributed by atoms with Gasteiger partial charge in [0.25, 0.3) is 0 Å². The molecule has 0 aliphatic rings. The Morgan fingerprint density at radius 2 is 2.33 bits per heavy atom. The fourth-order valence-electron chi connectivity index (χ4n) is 0.584. The summed E-state index contributed by atoms with van der Waals surface area (Å²) >= 11 is 0. The quantitative estimate of drug-likeness (QED) is 0.700. The summed E-state index contributed by atoms with van der Waals surface area (Å²) in [6, 6.07) is 0. The molecule has 9 heavy (non-hydrogen) atoms. The van der Waals surface area contributed by atoms with Crippen LogP contribution >= 0.6 is 0 Å². The van der Waals surface area contributed by atoms with Gasteiger partial charge in [0.15, 0.2) is 0 Å². The molecule has 0 N–H and O–H groups in total. The third kappa shape index (κ3) is 0.996. The first-order valence-electron chi connectivity index (χ1n) is 2.55. The number of aryl methyl sites for hydroxylation is 1. The minimum Gasteiger partial charge on any atom is -0.435 e. The molecule has 0 saturated carbocycles. The molecule has 0 aromatic carbocycles. The standard InChI is InChI=1S/C6H8NO.Lr/c1-3-6-4-7-8-5(6)2;/h3-4H,1-2H3;/q-1;. The summed E-state index contributed by atoms with van der Waals surface area (Å²) in [5.41, 5.74) is 1.07. The van der Waals surface area contributed by atoms with Gasteiger partial charge < -0.3 is 4.52 Å². The van der Waals surface area contributed by atoms with E-state index in [1.807, 2.05) is 20.3 Å². The molecule has 0 amide bonds. The van der Waals surface area contributed by atoms with Crippen LogP contribution in [0.15, 0.2) is 10.7 Å². The summed E-state index contributed by atoms with van der Waals surface area (Å²) in [5.74, 6) is 0.882. The minimum absolute atomic E-state index is 0. The first kappa shape index (κ1) is 7.08. The molecule has 0 aliphatic heterocycles. The average molecular weight is 372 g/mol. The molecule has 1 rings (SSSR count). The van der Waals surface area contributed by atoms with Crippen LogP contribution in [0.25, 0.3) is 0 Å². The maximum absolute atomic E-state index is 4.77. The van der Waals surface area contributed by atoms with Crippen molar-refractivity contribution in [2.24, 2.45) is 0 Å². The smallest absolute Gasteiger partial charge is 0.0279 e. The molecule has 0 unspecified atom stereocenters. The van der Waals surface area contributed by atoms with Gasteiger partial charge in [-0.2, -0.15) is 11.6 Å². The summed E-state index contributed by atoms with van der Waals surface area (Å²) in [4.78, 5) is 0. The maximum atomic E-state index is 4.77. The van der Waals surface area contributed by atoms with Gasteiger partial charge in [-0.3, -0.25) is 0 Å². The Kier molecular flexibility index (Phi) is 1.89. The van der Waals surface area contributed by atoms with Crippen molar-refractivity contribution in [3.8, 4) is 0 Å². The van der Waals surface area contributed by atoms with Crippen LogP contribution in [0.3, 0.4) is 0 Å². The summed E-state index contributed by atoms with van der Waals surface area (Å²) < 4.78 is 4.77. The second-order valence-corrected chi connectivity index (χ2v) is 1.63. The Labute approximate surface area is 48.5 Å². The van der Waals surface area contributed by atoms with Crippen molar-refractivity contribution in [2.45, 2.75) is 13.8 Å². The molecule has 0 fully saturated rings. The summed E-state index contributed by atoms with van der Waals surface area (Å²) in [6.07, 6.45) is 3.67. The number of aromatic nitrogens is 1. The van der Waals surface area contributed by atoms with Crippen molar-refractivity contribution in [3.05, 3.63) is 23.9 Å². The van der Waals surface area contributed by atoms with Crippen molar-refractivity contribution in [2.75, 3.05) is 0 Å². The zero-order valence-corrected chi connectivity index (χ0v) is 7.42. The van der Waals surface area contributed by atoms with E-state index in [4.69, 9.17) is 4.52 Å². The molecule has 1 aromatic heterocycles. The van der Waals surface area contributed by atoms with Crippen molar-refractivity contribution in [1.82, 2.24) is 5.16 Å². The van der Waals surface area contributed by atoms with E-state index >= 15 is 0 Å². The van der Waals surface area contributed by atoms with Crippen LogP contribution in [0, 0.1) is 13.3 Å². The summed E-state index contributed by atoms with van der Waals surface area (Å²) in [7, 11) is 0. The van der Waals surface area contributed by atoms with Gasteiger partial charge in [0.2, 0.25) is 0 Å². The van der Waals surface area contributed by atoms with Crippen LogP contribution in [0.2, 0.25) is 0 Å². The number of hydrogen-bond acceptors (Lipinski definition) is 2. The van der Waals surface area contributed by atoms with Gasteiger partial charge in [-0.05, 0) is 6.20 Å². The van der Waals surface area contributed by atoms with E-state index in [1.165, 1.54) is 0 Å². The molecule has 1 radical (unpaired) electrons. The SMILES string of the molecule is C[CH-]c1cnoc1C.[Lr]. The molecule has 1 heterocycles. The fourth-order valence-corrected chi connectivity index (χ4v) is 0.584. The van der Waals surface area contributed by atoms with Gasteiger partial charge in [-0.25, -0.2) is 0 Å². The Morgan fingerprint density at radius 1 is 1.67 bits per heavy atom. The van der Waals surface area contributed by atoms with Gasteiger partial charge >= 0.3 is 0 Å². The van der Waals surface area contributed by atoms with Crippen LogP contribution < -0.4 is 0 Å². The van der Waals surface area contributed by atoms with Crippen molar-refractivity contribution in [1.29, 1.82) is 0 Å². The fraction of sp³-hybridized carbons (Fsp3) is 0.333. The predicted octanol–water partition coefficient (Wildman–Crippen LogP) is 1.56. The first-order chi connectivity index (χ1) is 3.84. The zero-order valence-electron chi connectivity index (χ0n) is 5.27. The molecule has 0 spiro atoms. The van der Waals surface area contributed by atoms with Crippen LogP contribution in [-0.4, -0.2) is 5.16 Å². The van der Waals surface area contributed by atoms with Crippen molar-refractivity contribution in [3.63, 3.8) is 0 Å².